The number of piperidine rings is 1. The Balaban J connectivity index is 0.00000180. The van der Waals surface area contributed by atoms with Crippen LogP contribution in [-0.4, -0.2) is 61.8 Å². The molecular formula is C21H37IN4O. The maximum absolute atomic E-state index is 6.06. The van der Waals surface area contributed by atoms with E-state index in [-0.39, 0.29) is 24.0 Å². The number of rotatable bonds is 3. The van der Waals surface area contributed by atoms with Crippen LogP contribution in [0.25, 0.3) is 0 Å². The summed E-state index contributed by atoms with van der Waals surface area (Å²) in [5.41, 5.74) is 0.421. The van der Waals surface area contributed by atoms with Crippen LogP contribution in [0.4, 0.5) is 0 Å². The number of aliphatic imine (C=N–C) groups is 1. The summed E-state index contributed by atoms with van der Waals surface area (Å²) in [4.78, 5) is 7.33. The largest absolute Gasteiger partial charge is 0.377 e. The molecule has 0 radical (unpaired) electrons. The molecule has 3 unspecified atom stereocenters. The van der Waals surface area contributed by atoms with Crippen molar-refractivity contribution in [2.45, 2.75) is 88.4 Å². The zero-order valence-electron chi connectivity index (χ0n) is 16.8. The van der Waals surface area contributed by atoms with E-state index in [1.807, 2.05) is 7.05 Å². The van der Waals surface area contributed by atoms with Crippen LogP contribution in [-0.2, 0) is 4.74 Å². The van der Waals surface area contributed by atoms with Gasteiger partial charge < -0.3 is 20.3 Å². The number of nitrogens with zero attached hydrogens (tertiary/aromatic N) is 2. The highest BCUT2D eigenvalue weighted by molar-refractivity contribution is 14.0. The molecule has 5 rings (SSSR count). The fourth-order valence-corrected chi connectivity index (χ4v) is 6.65. The number of hydrogen-bond donors (Lipinski definition) is 2. The van der Waals surface area contributed by atoms with Gasteiger partial charge in [-0.15, -0.1) is 24.0 Å². The van der Waals surface area contributed by atoms with Gasteiger partial charge in [0.05, 0.1) is 6.10 Å². The number of fused-ring (bicyclic) bond motifs is 2. The summed E-state index contributed by atoms with van der Waals surface area (Å²) in [7, 11) is 1.93. The maximum atomic E-state index is 6.06. The lowest BCUT2D eigenvalue weighted by molar-refractivity contribution is -0.171. The predicted molar refractivity (Wildman–Crippen MR) is 120 cm³/mol. The van der Waals surface area contributed by atoms with Crippen LogP contribution in [0.2, 0.25) is 0 Å². The van der Waals surface area contributed by atoms with Crippen molar-refractivity contribution in [3.63, 3.8) is 0 Å². The van der Waals surface area contributed by atoms with Crippen molar-refractivity contribution in [3.05, 3.63) is 0 Å². The van der Waals surface area contributed by atoms with Crippen LogP contribution >= 0.6 is 24.0 Å². The Labute approximate surface area is 181 Å². The van der Waals surface area contributed by atoms with Crippen molar-refractivity contribution < 1.29 is 4.74 Å². The van der Waals surface area contributed by atoms with Gasteiger partial charge in [0, 0.05) is 56.2 Å². The van der Waals surface area contributed by atoms with Crippen molar-refractivity contribution in [1.29, 1.82) is 0 Å². The van der Waals surface area contributed by atoms with E-state index in [1.54, 1.807) is 0 Å². The van der Waals surface area contributed by atoms with E-state index in [9.17, 15) is 0 Å². The van der Waals surface area contributed by atoms with Crippen LogP contribution in [0.15, 0.2) is 4.99 Å². The highest BCUT2D eigenvalue weighted by atomic mass is 127. The summed E-state index contributed by atoms with van der Waals surface area (Å²) in [5, 5.41) is 7.58. The first-order valence-electron chi connectivity index (χ1n) is 11.2. The summed E-state index contributed by atoms with van der Waals surface area (Å²) >= 11 is 0. The Bertz CT molecular complexity index is 538. The molecule has 1 spiro atoms. The van der Waals surface area contributed by atoms with Gasteiger partial charge in [-0.2, -0.15) is 0 Å². The monoisotopic (exact) mass is 488 g/mol. The van der Waals surface area contributed by atoms with Crippen molar-refractivity contribution >= 4 is 29.9 Å². The van der Waals surface area contributed by atoms with Gasteiger partial charge in [-0.25, -0.2) is 0 Å². The summed E-state index contributed by atoms with van der Waals surface area (Å²) in [5.74, 6) is 1.74. The normalized spacial score (nSPS) is 36.6. The molecule has 2 heterocycles. The van der Waals surface area contributed by atoms with Crippen molar-refractivity contribution in [1.82, 2.24) is 15.5 Å². The third-order valence-corrected chi connectivity index (χ3v) is 8.26. The second-order valence-corrected chi connectivity index (χ2v) is 9.42. The summed E-state index contributed by atoms with van der Waals surface area (Å²) in [6.07, 6.45) is 14.0. The summed E-state index contributed by atoms with van der Waals surface area (Å²) in [6, 6.07) is 2.03. The number of ether oxygens (including phenoxy) is 1. The topological polar surface area (TPSA) is 48.9 Å². The van der Waals surface area contributed by atoms with Gasteiger partial charge in [0.1, 0.15) is 0 Å². The molecule has 0 bridgehead atoms. The van der Waals surface area contributed by atoms with Crippen molar-refractivity contribution in [2.24, 2.45) is 16.3 Å². The molecule has 5 nitrogen and oxygen atoms in total. The van der Waals surface area contributed by atoms with E-state index in [0.29, 0.717) is 29.5 Å². The molecule has 6 heteroatoms. The highest BCUT2D eigenvalue weighted by Gasteiger charge is 2.66. The first-order valence-corrected chi connectivity index (χ1v) is 11.2. The Morgan fingerprint density at radius 3 is 2.37 bits per heavy atom. The van der Waals surface area contributed by atoms with Crippen LogP contribution in [0, 0.1) is 11.3 Å². The van der Waals surface area contributed by atoms with E-state index < -0.39 is 0 Å². The van der Waals surface area contributed by atoms with Gasteiger partial charge in [-0.1, -0.05) is 19.3 Å². The minimum atomic E-state index is 0. The third-order valence-electron chi connectivity index (χ3n) is 8.26. The van der Waals surface area contributed by atoms with E-state index in [0.717, 1.165) is 18.6 Å². The molecule has 27 heavy (non-hydrogen) atoms. The van der Waals surface area contributed by atoms with Crippen LogP contribution in [0.5, 0.6) is 0 Å². The molecule has 5 aliphatic rings. The van der Waals surface area contributed by atoms with Crippen LogP contribution in [0.1, 0.15) is 64.2 Å². The fraction of sp³-hybridized carbons (Fsp3) is 0.952. The standard InChI is InChI=1S/C21H36N4O.HI/c1-22-20(23-15-7-12-25(13-8-15)16-5-2-3-6-16)24-18-17-9-14-26-19(17)21(18)10-4-11-21;/h15-19H,2-14H2,1H3,(H2,22,23,24);1H. The molecule has 3 saturated carbocycles. The number of likely N-dealkylation sites (tertiary alicyclic amines) is 1. The summed E-state index contributed by atoms with van der Waals surface area (Å²) < 4.78 is 6.06. The van der Waals surface area contributed by atoms with Gasteiger partial charge >= 0.3 is 0 Å². The zero-order valence-corrected chi connectivity index (χ0v) is 19.1. The third kappa shape index (κ3) is 3.52. The smallest absolute Gasteiger partial charge is 0.191 e. The van der Waals surface area contributed by atoms with E-state index in [2.05, 4.69) is 20.5 Å². The molecule has 5 fully saturated rings. The molecular weight excluding hydrogens is 451 g/mol. The Kier molecular flexibility index (Phi) is 6.24. The number of guanidine groups is 1. The first-order chi connectivity index (χ1) is 12.8. The first kappa shape index (κ1) is 20.2. The SMILES string of the molecule is CN=C(NC1CCN(C2CCCC2)CC1)NC1C2CCOC2C12CCC2.I. The molecule has 0 amide bonds. The predicted octanol–water partition coefficient (Wildman–Crippen LogP) is 3.13. The van der Waals surface area contributed by atoms with Gasteiger partial charge in [-0.3, -0.25) is 4.99 Å². The number of hydrogen-bond acceptors (Lipinski definition) is 3. The average Bonchev–Trinajstić information content (AvgIpc) is 3.29. The Morgan fingerprint density at radius 1 is 1.00 bits per heavy atom. The molecule has 2 saturated heterocycles. The maximum Gasteiger partial charge on any atom is 0.191 e. The Morgan fingerprint density at radius 2 is 1.74 bits per heavy atom. The van der Waals surface area contributed by atoms with E-state index in [4.69, 9.17) is 4.74 Å². The van der Waals surface area contributed by atoms with Gasteiger partial charge in [-0.05, 0) is 44.9 Å². The summed E-state index contributed by atoms with van der Waals surface area (Å²) in [6.45, 7) is 3.47. The van der Waals surface area contributed by atoms with E-state index >= 15 is 0 Å². The lowest BCUT2D eigenvalue weighted by Crippen LogP contribution is -2.72. The Hall–Kier alpha value is -0.0800. The van der Waals surface area contributed by atoms with Gasteiger partial charge in [0.15, 0.2) is 5.96 Å². The van der Waals surface area contributed by atoms with Crippen molar-refractivity contribution in [3.8, 4) is 0 Å². The molecule has 154 valence electrons. The lowest BCUT2D eigenvalue weighted by Gasteiger charge is -2.63. The molecule has 0 aromatic carbocycles. The lowest BCUT2D eigenvalue weighted by atomic mass is 9.46. The second-order valence-electron chi connectivity index (χ2n) is 9.42. The van der Waals surface area contributed by atoms with Crippen LogP contribution < -0.4 is 10.6 Å². The fourth-order valence-electron chi connectivity index (χ4n) is 6.65. The quantitative estimate of drug-likeness (QED) is 0.364. The second kappa shape index (κ2) is 8.34. The molecule has 3 aliphatic carbocycles. The van der Waals surface area contributed by atoms with E-state index in [1.165, 1.54) is 77.3 Å². The van der Waals surface area contributed by atoms with Crippen molar-refractivity contribution in [2.75, 3.05) is 26.7 Å². The number of halogens is 1. The molecule has 2 aliphatic heterocycles. The molecule has 2 N–H and O–H groups in total. The molecule has 3 atom stereocenters. The van der Waals surface area contributed by atoms with Crippen LogP contribution in [0.3, 0.4) is 0 Å². The molecule has 0 aromatic rings. The average molecular weight is 488 g/mol. The van der Waals surface area contributed by atoms with Gasteiger partial charge in [0.2, 0.25) is 0 Å². The van der Waals surface area contributed by atoms with Gasteiger partial charge in [0.25, 0.3) is 0 Å². The minimum absolute atomic E-state index is 0. The zero-order chi connectivity index (χ0) is 17.6. The molecule has 0 aromatic heterocycles. The number of nitrogens with one attached hydrogen (secondary N) is 2. The minimum Gasteiger partial charge on any atom is -0.377 e. The highest BCUT2D eigenvalue weighted by Crippen LogP contribution is 2.62.